The van der Waals surface area contributed by atoms with E-state index in [1.807, 2.05) is 55.5 Å². The van der Waals surface area contributed by atoms with E-state index in [0.717, 1.165) is 26.7 Å². The first-order valence-corrected chi connectivity index (χ1v) is 9.75. The number of para-hydroxylation sites is 3. The molecule has 6 heteroatoms. The summed E-state index contributed by atoms with van der Waals surface area (Å²) in [5.41, 5.74) is 0.952. The molecule has 1 atom stereocenters. The number of thiazole rings is 1. The molecule has 1 aliphatic heterocycles. The summed E-state index contributed by atoms with van der Waals surface area (Å²) < 4.78 is 12.8. The zero-order valence-electron chi connectivity index (χ0n) is 15.0. The molecule has 2 aromatic carbocycles. The molecule has 0 spiro atoms. The fourth-order valence-corrected chi connectivity index (χ4v) is 3.85. The Morgan fingerprint density at radius 3 is 2.81 bits per heavy atom. The predicted molar refractivity (Wildman–Crippen MR) is 107 cm³/mol. The van der Waals surface area contributed by atoms with Gasteiger partial charge in [0.15, 0.2) is 17.6 Å². The van der Waals surface area contributed by atoms with E-state index in [1.54, 1.807) is 28.4 Å². The van der Waals surface area contributed by atoms with Gasteiger partial charge in [0.05, 0.1) is 16.8 Å². The van der Waals surface area contributed by atoms with Gasteiger partial charge in [-0.2, -0.15) is 0 Å². The zero-order chi connectivity index (χ0) is 18.6. The zero-order valence-corrected chi connectivity index (χ0v) is 15.8. The number of ether oxygens (including phenoxy) is 2. The second-order valence-corrected chi connectivity index (χ2v) is 7.29. The minimum atomic E-state index is -0.181. The van der Waals surface area contributed by atoms with Crippen LogP contribution in [0.4, 0.5) is 0 Å². The summed E-state index contributed by atoms with van der Waals surface area (Å²) in [6.07, 6.45) is 3.18. The van der Waals surface area contributed by atoms with Crippen molar-refractivity contribution in [3.05, 3.63) is 59.6 Å². The molecule has 1 aliphatic rings. The molecule has 3 aromatic rings. The van der Waals surface area contributed by atoms with Crippen LogP contribution in [-0.2, 0) is 4.79 Å². The number of hydrogen-bond acceptors (Lipinski definition) is 5. The first-order valence-electron chi connectivity index (χ1n) is 8.94. The topological polar surface area (TPSA) is 51.7 Å². The number of amides is 1. The van der Waals surface area contributed by atoms with Crippen LogP contribution in [0.15, 0.2) is 54.6 Å². The molecule has 1 amide bonds. The molecule has 0 unspecified atom stereocenters. The summed E-state index contributed by atoms with van der Waals surface area (Å²) in [6, 6.07) is 15.5. The molecule has 0 radical (unpaired) electrons. The Bertz CT molecular complexity index is 949. The van der Waals surface area contributed by atoms with Crippen molar-refractivity contribution in [2.75, 3.05) is 19.7 Å². The van der Waals surface area contributed by atoms with Gasteiger partial charge in [-0.05, 0) is 37.3 Å². The van der Waals surface area contributed by atoms with E-state index in [2.05, 4.69) is 4.98 Å². The SMILES string of the molecule is CCN(C[C@@H]1COc2ccccc2O1)C(=O)/C=C/c1nc2ccccc2s1. The lowest BCUT2D eigenvalue weighted by molar-refractivity contribution is -0.127. The van der Waals surface area contributed by atoms with Crippen molar-refractivity contribution in [3.63, 3.8) is 0 Å². The van der Waals surface area contributed by atoms with Crippen LogP contribution in [0.25, 0.3) is 16.3 Å². The average Bonchev–Trinajstić information content (AvgIpc) is 3.13. The van der Waals surface area contributed by atoms with Crippen molar-refractivity contribution < 1.29 is 14.3 Å². The molecular formula is C21H20N2O3S. The standard InChI is InChI=1S/C21H20N2O3S/c1-2-23(13-15-14-25-17-8-4-5-9-18(17)26-15)21(24)12-11-20-22-16-7-3-6-10-19(16)27-20/h3-12,15H,2,13-14H2,1H3/b12-11+/t15-/m1/s1. The van der Waals surface area contributed by atoms with Crippen molar-refractivity contribution in [1.29, 1.82) is 0 Å². The molecule has 138 valence electrons. The van der Waals surface area contributed by atoms with Gasteiger partial charge in [-0.3, -0.25) is 4.79 Å². The third-order valence-corrected chi connectivity index (χ3v) is 5.37. The highest BCUT2D eigenvalue weighted by Gasteiger charge is 2.24. The maximum absolute atomic E-state index is 12.6. The predicted octanol–water partition coefficient (Wildman–Crippen LogP) is 4.00. The van der Waals surface area contributed by atoms with Gasteiger partial charge in [0.25, 0.3) is 0 Å². The van der Waals surface area contributed by atoms with Gasteiger partial charge in [0.2, 0.25) is 5.91 Å². The number of likely N-dealkylation sites (N-methyl/N-ethyl adjacent to an activating group) is 1. The fraction of sp³-hybridized carbons (Fsp3) is 0.238. The van der Waals surface area contributed by atoms with Crippen LogP contribution >= 0.6 is 11.3 Å². The van der Waals surface area contributed by atoms with Gasteiger partial charge >= 0.3 is 0 Å². The van der Waals surface area contributed by atoms with Crippen molar-refractivity contribution in [2.24, 2.45) is 0 Å². The number of hydrogen-bond donors (Lipinski definition) is 0. The van der Waals surface area contributed by atoms with Crippen molar-refractivity contribution in [2.45, 2.75) is 13.0 Å². The molecule has 4 rings (SSSR count). The molecule has 0 saturated carbocycles. The Morgan fingerprint density at radius 1 is 1.22 bits per heavy atom. The largest absolute Gasteiger partial charge is 0.486 e. The van der Waals surface area contributed by atoms with Gasteiger partial charge in [0.1, 0.15) is 11.6 Å². The Hall–Kier alpha value is -2.86. The summed E-state index contributed by atoms with van der Waals surface area (Å²) in [6.45, 7) is 3.47. The maximum Gasteiger partial charge on any atom is 0.246 e. The van der Waals surface area contributed by atoms with Crippen LogP contribution in [0.3, 0.4) is 0 Å². The lowest BCUT2D eigenvalue weighted by Crippen LogP contribution is -2.43. The van der Waals surface area contributed by atoms with Crippen molar-refractivity contribution in [1.82, 2.24) is 9.88 Å². The van der Waals surface area contributed by atoms with Crippen molar-refractivity contribution in [3.8, 4) is 11.5 Å². The van der Waals surface area contributed by atoms with Crippen LogP contribution in [0.5, 0.6) is 11.5 Å². The molecule has 0 saturated heterocycles. The number of fused-ring (bicyclic) bond motifs is 2. The van der Waals surface area contributed by atoms with Crippen LogP contribution in [0.1, 0.15) is 11.9 Å². The lowest BCUT2D eigenvalue weighted by Gasteiger charge is -2.30. The van der Waals surface area contributed by atoms with E-state index in [0.29, 0.717) is 19.7 Å². The number of aromatic nitrogens is 1. The first kappa shape index (κ1) is 17.5. The summed E-state index contributed by atoms with van der Waals surface area (Å²) >= 11 is 1.57. The number of benzene rings is 2. The molecule has 0 bridgehead atoms. The van der Waals surface area contributed by atoms with Crippen LogP contribution in [0.2, 0.25) is 0 Å². The number of rotatable bonds is 5. The minimum Gasteiger partial charge on any atom is -0.486 e. The van der Waals surface area contributed by atoms with E-state index in [4.69, 9.17) is 9.47 Å². The van der Waals surface area contributed by atoms with Gasteiger partial charge in [0, 0.05) is 12.6 Å². The number of nitrogens with zero attached hydrogens (tertiary/aromatic N) is 2. The minimum absolute atomic E-state index is 0.0563. The number of carbonyl (C=O) groups excluding carboxylic acids is 1. The lowest BCUT2D eigenvalue weighted by atomic mass is 10.2. The first-order chi connectivity index (χ1) is 13.2. The third-order valence-electron chi connectivity index (χ3n) is 4.36. The molecule has 27 heavy (non-hydrogen) atoms. The molecule has 0 N–H and O–H groups in total. The second kappa shape index (κ2) is 7.80. The van der Waals surface area contributed by atoms with Crippen LogP contribution in [-0.4, -0.2) is 41.6 Å². The van der Waals surface area contributed by atoms with Gasteiger partial charge in [-0.25, -0.2) is 4.98 Å². The van der Waals surface area contributed by atoms with Crippen LogP contribution in [0, 0.1) is 0 Å². The molecule has 0 fully saturated rings. The molecule has 2 heterocycles. The van der Waals surface area contributed by atoms with E-state index in [-0.39, 0.29) is 12.0 Å². The summed E-state index contributed by atoms with van der Waals surface area (Å²) in [7, 11) is 0. The molecule has 1 aromatic heterocycles. The van der Waals surface area contributed by atoms with Crippen LogP contribution < -0.4 is 9.47 Å². The smallest absolute Gasteiger partial charge is 0.246 e. The Balaban J connectivity index is 1.41. The molecule has 0 aliphatic carbocycles. The monoisotopic (exact) mass is 380 g/mol. The van der Waals surface area contributed by atoms with E-state index >= 15 is 0 Å². The van der Waals surface area contributed by atoms with E-state index in [1.165, 1.54) is 0 Å². The Kier molecular flexibility index (Phi) is 5.07. The number of carbonyl (C=O) groups is 1. The molecule has 5 nitrogen and oxygen atoms in total. The Labute approximate surface area is 161 Å². The highest BCUT2D eigenvalue weighted by Crippen LogP contribution is 2.31. The van der Waals surface area contributed by atoms with Gasteiger partial charge in [-0.1, -0.05) is 24.3 Å². The summed E-state index contributed by atoms with van der Waals surface area (Å²) in [5.74, 6) is 1.42. The quantitative estimate of drug-likeness (QED) is 0.628. The maximum atomic E-state index is 12.6. The fourth-order valence-electron chi connectivity index (χ4n) is 2.98. The third kappa shape index (κ3) is 3.95. The highest BCUT2D eigenvalue weighted by molar-refractivity contribution is 7.19. The normalized spacial score (nSPS) is 16.0. The Morgan fingerprint density at radius 2 is 2.00 bits per heavy atom. The summed E-state index contributed by atoms with van der Waals surface area (Å²) in [5, 5.41) is 0.826. The average molecular weight is 380 g/mol. The highest BCUT2D eigenvalue weighted by atomic mass is 32.1. The van der Waals surface area contributed by atoms with Gasteiger partial charge in [-0.15, -0.1) is 11.3 Å². The van der Waals surface area contributed by atoms with E-state index < -0.39 is 0 Å². The summed E-state index contributed by atoms with van der Waals surface area (Å²) in [4.78, 5) is 18.9. The van der Waals surface area contributed by atoms with E-state index in [9.17, 15) is 4.79 Å². The van der Waals surface area contributed by atoms with Crippen molar-refractivity contribution >= 4 is 33.5 Å². The second-order valence-electron chi connectivity index (χ2n) is 6.23. The molecular weight excluding hydrogens is 360 g/mol. The van der Waals surface area contributed by atoms with Gasteiger partial charge < -0.3 is 14.4 Å².